The van der Waals surface area contributed by atoms with Crippen LogP contribution >= 0.6 is 0 Å². The maximum atomic E-state index is 12.4. The van der Waals surface area contributed by atoms with E-state index in [4.69, 9.17) is 10.5 Å². The highest BCUT2D eigenvalue weighted by Gasteiger charge is 2.32. The monoisotopic (exact) mass is 331 g/mol. The van der Waals surface area contributed by atoms with Crippen molar-refractivity contribution in [2.75, 3.05) is 18.0 Å². The van der Waals surface area contributed by atoms with E-state index in [2.05, 4.69) is 5.32 Å². The second-order valence-corrected chi connectivity index (χ2v) is 6.57. The van der Waals surface area contributed by atoms with Gasteiger partial charge >= 0.3 is 0 Å². The van der Waals surface area contributed by atoms with E-state index >= 15 is 0 Å². The van der Waals surface area contributed by atoms with Crippen LogP contribution in [0.5, 0.6) is 5.75 Å². The van der Waals surface area contributed by atoms with Crippen LogP contribution in [-0.4, -0.2) is 37.0 Å². The van der Waals surface area contributed by atoms with Crippen molar-refractivity contribution in [3.05, 3.63) is 24.3 Å². The van der Waals surface area contributed by atoms with Gasteiger partial charge in [0.25, 0.3) is 5.91 Å². The Balaban J connectivity index is 1.61. The minimum Gasteiger partial charge on any atom is -0.479 e. The fourth-order valence-electron chi connectivity index (χ4n) is 3.59. The van der Waals surface area contributed by atoms with Crippen LogP contribution in [0.2, 0.25) is 0 Å². The normalized spacial score (nSPS) is 26.0. The second kappa shape index (κ2) is 7.21. The molecular weight excluding hydrogens is 306 g/mol. The Morgan fingerprint density at radius 1 is 1.38 bits per heavy atom. The van der Waals surface area contributed by atoms with E-state index in [0.717, 1.165) is 24.9 Å². The molecule has 2 aliphatic rings. The summed E-state index contributed by atoms with van der Waals surface area (Å²) < 4.78 is 5.61. The summed E-state index contributed by atoms with van der Waals surface area (Å²) >= 11 is 0. The van der Waals surface area contributed by atoms with Gasteiger partial charge in [0.15, 0.2) is 6.10 Å². The SMILES string of the molecule is CC1Oc2ccccc2N(CCC(=O)NC2CCCC2CN)C1=O. The van der Waals surface area contributed by atoms with Crippen LogP contribution in [0.25, 0.3) is 0 Å². The summed E-state index contributed by atoms with van der Waals surface area (Å²) in [5.74, 6) is 0.927. The molecule has 1 aromatic rings. The number of amides is 2. The molecule has 6 nitrogen and oxygen atoms in total. The molecule has 24 heavy (non-hydrogen) atoms. The fraction of sp³-hybridized carbons (Fsp3) is 0.556. The number of rotatable bonds is 5. The van der Waals surface area contributed by atoms with Crippen LogP contribution in [-0.2, 0) is 9.59 Å². The maximum absolute atomic E-state index is 12.4. The van der Waals surface area contributed by atoms with Crippen molar-refractivity contribution in [2.45, 2.75) is 44.8 Å². The summed E-state index contributed by atoms with van der Waals surface area (Å²) in [5, 5.41) is 3.08. The van der Waals surface area contributed by atoms with Gasteiger partial charge < -0.3 is 20.7 Å². The lowest BCUT2D eigenvalue weighted by molar-refractivity contribution is -0.125. The topological polar surface area (TPSA) is 84.7 Å². The lowest BCUT2D eigenvalue weighted by Crippen LogP contribution is -2.46. The first-order valence-corrected chi connectivity index (χ1v) is 8.66. The molecule has 2 amide bonds. The first-order chi connectivity index (χ1) is 11.6. The Labute approximate surface area is 142 Å². The molecule has 6 heteroatoms. The molecule has 1 aromatic carbocycles. The van der Waals surface area contributed by atoms with Crippen LogP contribution in [0.4, 0.5) is 5.69 Å². The number of fused-ring (bicyclic) bond motifs is 1. The minimum atomic E-state index is -0.528. The van der Waals surface area contributed by atoms with Gasteiger partial charge in [0.2, 0.25) is 5.91 Å². The van der Waals surface area contributed by atoms with Gasteiger partial charge in [0.05, 0.1) is 5.69 Å². The first-order valence-electron chi connectivity index (χ1n) is 8.66. The van der Waals surface area contributed by atoms with Gasteiger partial charge in [-0.2, -0.15) is 0 Å². The summed E-state index contributed by atoms with van der Waals surface area (Å²) in [6.45, 7) is 2.70. The molecule has 130 valence electrons. The molecule has 0 bridgehead atoms. The van der Waals surface area contributed by atoms with E-state index in [0.29, 0.717) is 24.8 Å². The molecule has 1 heterocycles. The van der Waals surface area contributed by atoms with Gasteiger partial charge in [-0.3, -0.25) is 9.59 Å². The minimum absolute atomic E-state index is 0.0234. The summed E-state index contributed by atoms with van der Waals surface area (Å²) in [6.07, 6.45) is 2.93. The van der Waals surface area contributed by atoms with E-state index < -0.39 is 6.10 Å². The lowest BCUT2D eigenvalue weighted by Gasteiger charge is -2.33. The van der Waals surface area contributed by atoms with Gasteiger partial charge in [0, 0.05) is 19.0 Å². The summed E-state index contributed by atoms with van der Waals surface area (Å²) in [4.78, 5) is 26.3. The molecule has 0 saturated heterocycles. The van der Waals surface area contributed by atoms with Crippen molar-refractivity contribution >= 4 is 17.5 Å². The highest BCUT2D eigenvalue weighted by Crippen LogP contribution is 2.33. The Morgan fingerprint density at radius 2 is 2.17 bits per heavy atom. The van der Waals surface area contributed by atoms with Gasteiger partial charge in [0.1, 0.15) is 5.75 Å². The molecule has 1 aliphatic carbocycles. The quantitative estimate of drug-likeness (QED) is 0.855. The van der Waals surface area contributed by atoms with Crippen LogP contribution in [0.1, 0.15) is 32.6 Å². The fourth-order valence-corrected chi connectivity index (χ4v) is 3.59. The number of carbonyl (C=O) groups excluding carboxylic acids is 2. The van der Waals surface area contributed by atoms with Crippen molar-refractivity contribution in [1.29, 1.82) is 0 Å². The third-order valence-corrected chi connectivity index (χ3v) is 4.94. The van der Waals surface area contributed by atoms with Crippen LogP contribution in [0.3, 0.4) is 0 Å². The lowest BCUT2D eigenvalue weighted by atomic mass is 10.0. The smallest absolute Gasteiger partial charge is 0.267 e. The highest BCUT2D eigenvalue weighted by atomic mass is 16.5. The number of hydrogen-bond acceptors (Lipinski definition) is 4. The number of nitrogens with two attached hydrogens (primary N) is 1. The molecule has 3 N–H and O–H groups in total. The Hall–Kier alpha value is -2.08. The van der Waals surface area contributed by atoms with E-state index in [-0.39, 0.29) is 24.3 Å². The molecule has 3 atom stereocenters. The van der Waals surface area contributed by atoms with E-state index in [9.17, 15) is 9.59 Å². The molecular formula is C18H25N3O3. The Morgan fingerprint density at radius 3 is 2.96 bits per heavy atom. The third-order valence-electron chi connectivity index (χ3n) is 4.94. The second-order valence-electron chi connectivity index (χ2n) is 6.57. The molecule has 3 rings (SSSR count). The average molecular weight is 331 g/mol. The zero-order valence-corrected chi connectivity index (χ0v) is 14.0. The van der Waals surface area contributed by atoms with Gasteiger partial charge in [-0.1, -0.05) is 18.6 Å². The number of para-hydroxylation sites is 2. The number of nitrogens with zero attached hydrogens (tertiary/aromatic N) is 1. The maximum Gasteiger partial charge on any atom is 0.267 e. The Bertz CT molecular complexity index is 619. The van der Waals surface area contributed by atoms with Gasteiger partial charge in [-0.25, -0.2) is 0 Å². The van der Waals surface area contributed by atoms with Crippen molar-refractivity contribution in [3.63, 3.8) is 0 Å². The predicted molar refractivity (Wildman–Crippen MR) is 91.8 cm³/mol. The summed E-state index contributed by atoms with van der Waals surface area (Å²) in [5.41, 5.74) is 6.49. The zero-order chi connectivity index (χ0) is 17.1. The highest BCUT2D eigenvalue weighted by molar-refractivity contribution is 6.00. The van der Waals surface area contributed by atoms with Crippen molar-refractivity contribution in [3.8, 4) is 5.75 Å². The van der Waals surface area contributed by atoms with E-state index in [1.807, 2.05) is 24.3 Å². The molecule has 0 spiro atoms. The van der Waals surface area contributed by atoms with Gasteiger partial charge in [-0.15, -0.1) is 0 Å². The average Bonchev–Trinajstić information content (AvgIpc) is 3.02. The molecule has 1 aliphatic heterocycles. The number of benzene rings is 1. The number of hydrogen-bond donors (Lipinski definition) is 2. The molecule has 3 unspecified atom stereocenters. The van der Waals surface area contributed by atoms with Crippen molar-refractivity contribution in [1.82, 2.24) is 5.32 Å². The molecule has 1 saturated carbocycles. The third kappa shape index (κ3) is 3.38. The van der Waals surface area contributed by atoms with Crippen molar-refractivity contribution in [2.24, 2.45) is 11.7 Å². The van der Waals surface area contributed by atoms with Crippen LogP contribution in [0.15, 0.2) is 24.3 Å². The molecule has 1 fully saturated rings. The number of anilines is 1. The molecule has 0 radical (unpaired) electrons. The van der Waals surface area contributed by atoms with Crippen LogP contribution in [0, 0.1) is 5.92 Å². The summed E-state index contributed by atoms with van der Waals surface area (Å²) in [6, 6.07) is 7.60. The van der Waals surface area contributed by atoms with E-state index in [1.165, 1.54) is 0 Å². The predicted octanol–water partition coefficient (Wildman–Crippen LogP) is 1.43. The standard InChI is InChI=1S/C18H25N3O3/c1-12-18(23)21(15-7-2-3-8-16(15)24-12)10-9-17(22)20-14-6-4-5-13(14)11-19/h2-3,7-8,12-14H,4-6,9-11,19H2,1H3,(H,20,22). The number of carbonyl (C=O) groups is 2. The van der Waals surface area contributed by atoms with Gasteiger partial charge in [-0.05, 0) is 44.4 Å². The largest absolute Gasteiger partial charge is 0.479 e. The van der Waals surface area contributed by atoms with Crippen molar-refractivity contribution < 1.29 is 14.3 Å². The molecule has 0 aromatic heterocycles. The number of nitrogens with one attached hydrogen (secondary N) is 1. The van der Waals surface area contributed by atoms with Crippen LogP contribution < -0.4 is 20.7 Å². The summed E-state index contributed by atoms with van der Waals surface area (Å²) in [7, 11) is 0. The number of ether oxygens (including phenoxy) is 1. The first kappa shape index (κ1) is 16.8. The Kier molecular flexibility index (Phi) is 5.04. The zero-order valence-electron chi connectivity index (χ0n) is 14.0. The van der Waals surface area contributed by atoms with E-state index in [1.54, 1.807) is 11.8 Å².